The van der Waals surface area contributed by atoms with Crippen molar-refractivity contribution in [3.63, 3.8) is 0 Å². The average Bonchev–Trinajstić information content (AvgIpc) is 3.60. The molecule has 2 heterocycles. The Balaban J connectivity index is 1.36. The smallest absolute Gasteiger partial charge is 0.416 e. The minimum Gasteiger partial charge on any atom is -0.503 e. The van der Waals surface area contributed by atoms with Gasteiger partial charge in [0.2, 0.25) is 0 Å². The van der Waals surface area contributed by atoms with Crippen LogP contribution >= 0.6 is 0 Å². The summed E-state index contributed by atoms with van der Waals surface area (Å²) in [5.74, 6) is -1.91. The Morgan fingerprint density at radius 1 is 1.07 bits per heavy atom. The summed E-state index contributed by atoms with van der Waals surface area (Å²) in [5.41, 5.74) is -1.28. The standard InChI is InChI=1S/C28H25F4N5O3/c29-21-6-8-22(9-7-21)37-15-18(14-34-37)13-33-26(40)24-25(39)23(38)16-36(35-24)17-27(10-1-2-11-27)19-4-3-5-20(12-19)28(30,31)32/h3-9,12,14-16,38H,1-2,10-11,13,17H2,(H,33,40). The van der Waals surface area contributed by atoms with E-state index in [2.05, 4.69) is 15.5 Å². The Labute approximate surface area is 225 Å². The zero-order chi connectivity index (χ0) is 28.5. The molecule has 12 heteroatoms. The summed E-state index contributed by atoms with van der Waals surface area (Å²) >= 11 is 0. The maximum Gasteiger partial charge on any atom is 0.416 e. The lowest BCUT2D eigenvalue weighted by Crippen LogP contribution is -2.34. The average molecular weight is 556 g/mol. The molecule has 0 spiro atoms. The molecule has 2 aromatic carbocycles. The van der Waals surface area contributed by atoms with Crippen molar-refractivity contribution >= 4 is 5.91 Å². The van der Waals surface area contributed by atoms with Gasteiger partial charge >= 0.3 is 6.18 Å². The van der Waals surface area contributed by atoms with Crippen LogP contribution in [0.25, 0.3) is 5.69 Å². The van der Waals surface area contributed by atoms with Gasteiger partial charge in [0.1, 0.15) is 5.82 Å². The van der Waals surface area contributed by atoms with E-state index in [9.17, 15) is 32.3 Å². The first-order chi connectivity index (χ1) is 19.0. The largest absolute Gasteiger partial charge is 0.503 e. The van der Waals surface area contributed by atoms with Crippen LogP contribution in [0.15, 0.2) is 71.9 Å². The third-order valence-electron chi connectivity index (χ3n) is 7.17. The van der Waals surface area contributed by atoms with Gasteiger partial charge in [0.25, 0.3) is 11.3 Å². The van der Waals surface area contributed by atoms with E-state index >= 15 is 0 Å². The monoisotopic (exact) mass is 555 g/mol. The molecule has 0 aliphatic heterocycles. The molecule has 0 unspecified atom stereocenters. The van der Waals surface area contributed by atoms with Crippen molar-refractivity contribution in [2.24, 2.45) is 0 Å². The van der Waals surface area contributed by atoms with Crippen molar-refractivity contribution in [2.45, 2.75) is 50.4 Å². The molecule has 1 amide bonds. The molecule has 1 aliphatic carbocycles. The van der Waals surface area contributed by atoms with Crippen molar-refractivity contribution in [1.82, 2.24) is 24.9 Å². The number of alkyl halides is 3. The number of rotatable bonds is 7. The zero-order valence-corrected chi connectivity index (χ0v) is 21.2. The normalized spacial score (nSPS) is 14.8. The van der Waals surface area contributed by atoms with Crippen molar-refractivity contribution in [3.05, 3.63) is 106 Å². The Kier molecular flexibility index (Phi) is 7.17. The highest BCUT2D eigenvalue weighted by atomic mass is 19.4. The molecule has 208 valence electrons. The third kappa shape index (κ3) is 5.61. The van der Waals surface area contributed by atoms with Crippen LogP contribution in [-0.2, 0) is 24.7 Å². The van der Waals surface area contributed by atoms with E-state index in [1.54, 1.807) is 24.4 Å². The number of carbonyl (C=O) groups is 1. The molecule has 1 aliphatic rings. The van der Waals surface area contributed by atoms with Gasteiger partial charge in [-0.1, -0.05) is 31.0 Å². The Hall–Kier alpha value is -4.48. The summed E-state index contributed by atoms with van der Waals surface area (Å²) in [6.45, 7) is 0.0673. The summed E-state index contributed by atoms with van der Waals surface area (Å²) < 4.78 is 56.1. The van der Waals surface area contributed by atoms with Crippen molar-refractivity contribution < 1.29 is 27.5 Å². The van der Waals surface area contributed by atoms with Crippen LogP contribution in [0.3, 0.4) is 0 Å². The predicted molar refractivity (Wildman–Crippen MR) is 136 cm³/mol. The molecular weight excluding hydrogens is 530 g/mol. The van der Waals surface area contributed by atoms with Crippen molar-refractivity contribution in [2.75, 3.05) is 0 Å². The fourth-order valence-corrected chi connectivity index (χ4v) is 5.13. The van der Waals surface area contributed by atoms with Crippen LogP contribution in [-0.4, -0.2) is 30.6 Å². The highest BCUT2D eigenvalue weighted by Crippen LogP contribution is 2.44. The number of hydrogen-bond acceptors (Lipinski definition) is 5. The van der Waals surface area contributed by atoms with Crippen LogP contribution in [0, 0.1) is 5.82 Å². The number of halogens is 4. The Bertz CT molecular complexity index is 1590. The maximum absolute atomic E-state index is 13.4. The van der Waals surface area contributed by atoms with E-state index in [0.29, 0.717) is 29.7 Å². The van der Waals surface area contributed by atoms with Gasteiger partial charge in [0.15, 0.2) is 11.4 Å². The number of hydrogen-bond donors (Lipinski definition) is 2. The number of amides is 1. The maximum atomic E-state index is 13.4. The Morgan fingerprint density at radius 2 is 1.80 bits per heavy atom. The molecular formula is C28H25F4N5O3. The second-order valence-corrected chi connectivity index (χ2v) is 9.91. The molecule has 0 saturated heterocycles. The van der Waals surface area contributed by atoms with E-state index in [1.165, 1.54) is 33.8 Å². The van der Waals surface area contributed by atoms with E-state index in [1.807, 2.05) is 0 Å². The number of aromatic hydroxyl groups is 1. The van der Waals surface area contributed by atoms with Gasteiger partial charge in [-0.2, -0.15) is 23.4 Å². The first-order valence-corrected chi connectivity index (χ1v) is 12.6. The quantitative estimate of drug-likeness (QED) is 0.321. The highest BCUT2D eigenvalue weighted by Gasteiger charge is 2.39. The Morgan fingerprint density at radius 3 is 2.50 bits per heavy atom. The first kappa shape index (κ1) is 27.1. The lowest BCUT2D eigenvalue weighted by Gasteiger charge is -2.31. The lowest BCUT2D eigenvalue weighted by molar-refractivity contribution is -0.137. The fraction of sp³-hybridized carbons (Fsp3) is 0.286. The van der Waals surface area contributed by atoms with Crippen LogP contribution in [0.1, 0.15) is 52.9 Å². The minimum absolute atomic E-state index is 0.00895. The van der Waals surface area contributed by atoms with E-state index < -0.39 is 39.9 Å². The summed E-state index contributed by atoms with van der Waals surface area (Å²) in [6, 6.07) is 10.8. The second-order valence-electron chi connectivity index (χ2n) is 9.91. The first-order valence-electron chi connectivity index (χ1n) is 12.6. The summed E-state index contributed by atoms with van der Waals surface area (Å²) in [4.78, 5) is 25.5. The van der Waals surface area contributed by atoms with Gasteiger partial charge in [-0.3, -0.25) is 14.3 Å². The molecule has 5 rings (SSSR count). The topological polar surface area (TPSA) is 102 Å². The number of nitrogens with one attached hydrogen (secondary N) is 1. The van der Waals surface area contributed by atoms with Crippen LogP contribution in [0.2, 0.25) is 0 Å². The molecule has 8 nitrogen and oxygen atoms in total. The third-order valence-corrected chi connectivity index (χ3v) is 7.17. The van der Waals surface area contributed by atoms with Crippen molar-refractivity contribution in [3.8, 4) is 11.4 Å². The molecule has 2 aromatic heterocycles. The van der Waals surface area contributed by atoms with E-state index in [4.69, 9.17) is 0 Å². The predicted octanol–water partition coefficient (Wildman–Crippen LogP) is 4.73. The van der Waals surface area contributed by atoms with Gasteiger partial charge in [0, 0.05) is 23.7 Å². The summed E-state index contributed by atoms with van der Waals surface area (Å²) in [6.07, 6.45) is 2.48. The van der Waals surface area contributed by atoms with E-state index in [-0.39, 0.29) is 18.9 Å². The molecule has 0 radical (unpaired) electrons. The van der Waals surface area contributed by atoms with Crippen LogP contribution in [0.5, 0.6) is 5.75 Å². The van der Waals surface area contributed by atoms with Gasteiger partial charge in [-0.05, 0) is 48.7 Å². The molecule has 0 atom stereocenters. The minimum atomic E-state index is -4.50. The van der Waals surface area contributed by atoms with E-state index in [0.717, 1.165) is 31.2 Å². The number of aromatic nitrogens is 4. The highest BCUT2D eigenvalue weighted by molar-refractivity contribution is 5.92. The van der Waals surface area contributed by atoms with Gasteiger partial charge < -0.3 is 10.4 Å². The number of benzene rings is 2. The van der Waals surface area contributed by atoms with Gasteiger partial charge in [-0.25, -0.2) is 9.07 Å². The van der Waals surface area contributed by atoms with Gasteiger partial charge in [-0.15, -0.1) is 0 Å². The van der Waals surface area contributed by atoms with Gasteiger partial charge in [0.05, 0.1) is 30.2 Å². The van der Waals surface area contributed by atoms with Crippen LogP contribution < -0.4 is 10.7 Å². The molecule has 40 heavy (non-hydrogen) atoms. The molecule has 1 fully saturated rings. The fourth-order valence-electron chi connectivity index (χ4n) is 5.13. The zero-order valence-electron chi connectivity index (χ0n) is 21.2. The molecule has 2 N–H and O–H groups in total. The van der Waals surface area contributed by atoms with Crippen LogP contribution in [0.4, 0.5) is 17.6 Å². The SMILES string of the molecule is O=C(NCc1cnn(-c2ccc(F)cc2)c1)c1nn(CC2(c3cccc(C(F)(F)F)c3)CCCC2)cc(O)c1=O. The number of nitrogens with zero attached hydrogens (tertiary/aromatic N) is 4. The number of carbonyl (C=O) groups excluding carboxylic acids is 1. The molecule has 4 aromatic rings. The van der Waals surface area contributed by atoms with Crippen molar-refractivity contribution in [1.29, 1.82) is 0 Å². The second kappa shape index (κ2) is 10.6. The summed E-state index contributed by atoms with van der Waals surface area (Å²) in [7, 11) is 0. The molecule has 1 saturated carbocycles. The molecule has 0 bridgehead atoms. The lowest BCUT2D eigenvalue weighted by atomic mass is 9.78. The summed E-state index contributed by atoms with van der Waals surface area (Å²) in [5, 5.41) is 21.2.